The van der Waals surface area contributed by atoms with E-state index in [-0.39, 0.29) is 5.91 Å². The predicted octanol–water partition coefficient (Wildman–Crippen LogP) is 1.34. The first kappa shape index (κ1) is 15.5. The SMILES string of the molecule is COc1ncccc1C(=O)N1CCN(Cc2cc(C)no2)CC1. The number of amides is 1. The molecule has 7 nitrogen and oxygen atoms in total. The van der Waals surface area contributed by atoms with Crippen molar-refractivity contribution in [1.82, 2.24) is 19.9 Å². The van der Waals surface area contributed by atoms with Crippen molar-refractivity contribution in [3.63, 3.8) is 0 Å². The molecule has 1 aliphatic rings. The van der Waals surface area contributed by atoms with Gasteiger partial charge in [-0.1, -0.05) is 5.16 Å². The van der Waals surface area contributed by atoms with E-state index >= 15 is 0 Å². The van der Waals surface area contributed by atoms with Crippen molar-refractivity contribution >= 4 is 5.91 Å². The Balaban J connectivity index is 1.59. The van der Waals surface area contributed by atoms with E-state index in [2.05, 4.69) is 15.0 Å². The molecule has 0 bridgehead atoms. The molecule has 0 N–H and O–H groups in total. The zero-order valence-corrected chi connectivity index (χ0v) is 13.4. The van der Waals surface area contributed by atoms with Crippen LogP contribution in [0.1, 0.15) is 21.8 Å². The fourth-order valence-electron chi connectivity index (χ4n) is 2.71. The van der Waals surface area contributed by atoms with Gasteiger partial charge in [-0.05, 0) is 19.1 Å². The maximum atomic E-state index is 12.6. The van der Waals surface area contributed by atoms with Gasteiger partial charge in [0.2, 0.25) is 5.88 Å². The summed E-state index contributed by atoms with van der Waals surface area (Å²) in [6.07, 6.45) is 1.62. The highest BCUT2D eigenvalue weighted by atomic mass is 16.5. The number of pyridine rings is 1. The van der Waals surface area contributed by atoms with Gasteiger partial charge in [0.25, 0.3) is 5.91 Å². The standard InChI is InChI=1S/C16H20N4O3/c1-12-10-13(23-18-12)11-19-6-8-20(9-7-19)16(21)14-4-3-5-17-15(14)22-2/h3-5,10H,6-9,11H2,1-2H3. The predicted molar refractivity (Wildman–Crippen MR) is 83.2 cm³/mol. The van der Waals surface area contributed by atoms with E-state index in [0.29, 0.717) is 24.5 Å². The Morgan fingerprint density at radius 3 is 2.78 bits per heavy atom. The molecule has 0 saturated carbocycles. The van der Waals surface area contributed by atoms with E-state index in [9.17, 15) is 4.79 Å². The second-order valence-corrected chi connectivity index (χ2v) is 5.56. The van der Waals surface area contributed by atoms with Gasteiger partial charge in [0, 0.05) is 38.4 Å². The Morgan fingerprint density at radius 2 is 2.13 bits per heavy atom. The Bertz CT molecular complexity index is 677. The number of carbonyl (C=O) groups excluding carboxylic acids is 1. The largest absolute Gasteiger partial charge is 0.480 e. The highest BCUT2D eigenvalue weighted by molar-refractivity contribution is 5.96. The molecule has 3 heterocycles. The van der Waals surface area contributed by atoms with Gasteiger partial charge in [-0.25, -0.2) is 4.98 Å². The molecule has 1 saturated heterocycles. The van der Waals surface area contributed by atoms with Crippen molar-refractivity contribution in [2.75, 3.05) is 33.3 Å². The van der Waals surface area contributed by atoms with E-state index in [0.717, 1.165) is 31.1 Å². The van der Waals surface area contributed by atoms with Gasteiger partial charge in [0.15, 0.2) is 5.76 Å². The number of aromatic nitrogens is 2. The smallest absolute Gasteiger partial charge is 0.259 e. The van der Waals surface area contributed by atoms with E-state index in [4.69, 9.17) is 9.26 Å². The number of hydrogen-bond acceptors (Lipinski definition) is 6. The van der Waals surface area contributed by atoms with Crippen molar-refractivity contribution in [2.45, 2.75) is 13.5 Å². The highest BCUT2D eigenvalue weighted by Gasteiger charge is 2.25. The lowest BCUT2D eigenvalue weighted by Crippen LogP contribution is -2.48. The number of nitrogens with zero attached hydrogens (tertiary/aromatic N) is 4. The molecule has 7 heteroatoms. The first-order chi connectivity index (χ1) is 11.2. The average molecular weight is 316 g/mol. The van der Waals surface area contributed by atoms with Gasteiger partial charge in [0.1, 0.15) is 5.56 Å². The molecule has 0 spiro atoms. The van der Waals surface area contributed by atoms with Gasteiger partial charge in [-0.15, -0.1) is 0 Å². The molecule has 2 aromatic heterocycles. The minimum atomic E-state index is -0.0369. The number of carbonyl (C=O) groups is 1. The van der Waals surface area contributed by atoms with Crippen LogP contribution in [0.3, 0.4) is 0 Å². The van der Waals surface area contributed by atoms with Crippen LogP contribution in [0.4, 0.5) is 0 Å². The molecular weight excluding hydrogens is 296 g/mol. The summed E-state index contributed by atoms with van der Waals surface area (Å²) < 4.78 is 10.4. The lowest BCUT2D eigenvalue weighted by molar-refractivity contribution is 0.0613. The third-order valence-corrected chi connectivity index (χ3v) is 3.91. The zero-order chi connectivity index (χ0) is 16.2. The molecule has 0 unspecified atom stereocenters. The molecule has 0 aliphatic carbocycles. The van der Waals surface area contributed by atoms with Crippen LogP contribution in [-0.4, -0.2) is 59.1 Å². The van der Waals surface area contributed by atoms with E-state index in [1.165, 1.54) is 7.11 Å². The summed E-state index contributed by atoms with van der Waals surface area (Å²) in [5.74, 6) is 1.19. The van der Waals surface area contributed by atoms with Crippen LogP contribution in [0.5, 0.6) is 5.88 Å². The van der Waals surface area contributed by atoms with Crippen LogP contribution in [-0.2, 0) is 6.54 Å². The second kappa shape index (κ2) is 6.78. The van der Waals surface area contributed by atoms with Crippen LogP contribution in [0.2, 0.25) is 0 Å². The van der Waals surface area contributed by atoms with E-state index in [1.807, 2.05) is 17.9 Å². The monoisotopic (exact) mass is 316 g/mol. The molecule has 0 aromatic carbocycles. The molecule has 1 aliphatic heterocycles. The number of ether oxygens (including phenoxy) is 1. The third kappa shape index (κ3) is 3.50. The third-order valence-electron chi connectivity index (χ3n) is 3.91. The molecule has 122 valence electrons. The van der Waals surface area contributed by atoms with Crippen LogP contribution in [0, 0.1) is 6.92 Å². The second-order valence-electron chi connectivity index (χ2n) is 5.56. The molecule has 1 amide bonds. The topological polar surface area (TPSA) is 71.7 Å². The average Bonchev–Trinajstić information content (AvgIpc) is 3.00. The van der Waals surface area contributed by atoms with E-state index < -0.39 is 0 Å². The van der Waals surface area contributed by atoms with Gasteiger partial charge in [-0.2, -0.15) is 0 Å². The molecule has 0 radical (unpaired) electrons. The lowest BCUT2D eigenvalue weighted by Gasteiger charge is -2.34. The Hall–Kier alpha value is -2.41. The number of aryl methyl sites for hydroxylation is 1. The van der Waals surface area contributed by atoms with Crippen LogP contribution in [0.15, 0.2) is 28.9 Å². The van der Waals surface area contributed by atoms with Gasteiger partial charge < -0.3 is 14.2 Å². The van der Waals surface area contributed by atoms with Gasteiger partial charge in [-0.3, -0.25) is 9.69 Å². The van der Waals surface area contributed by atoms with Crippen molar-refractivity contribution in [1.29, 1.82) is 0 Å². The van der Waals surface area contributed by atoms with Crippen LogP contribution >= 0.6 is 0 Å². The maximum absolute atomic E-state index is 12.6. The normalized spacial score (nSPS) is 15.7. The summed E-state index contributed by atoms with van der Waals surface area (Å²) in [5.41, 5.74) is 1.40. The fourth-order valence-corrected chi connectivity index (χ4v) is 2.71. The summed E-state index contributed by atoms with van der Waals surface area (Å²) in [5, 5.41) is 3.90. The van der Waals surface area contributed by atoms with Crippen LogP contribution < -0.4 is 4.74 Å². The molecule has 2 aromatic rings. The minimum Gasteiger partial charge on any atom is -0.480 e. The molecule has 0 atom stereocenters. The highest BCUT2D eigenvalue weighted by Crippen LogP contribution is 2.18. The van der Waals surface area contributed by atoms with Gasteiger partial charge in [0.05, 0.1) is 19.3 Å². The lowest BCUT2D eigenvalue weighted by atomic mass is 10.2. The summed E-state index contributed by atoms with van der Waals surface area (Å²) in [6.45, 7) is 5.57. The van der Waals surface area contributed by atoms with E-state index in [1.54, 1.807) is 18.3 Å². The van der Waals surface area contributed by atoms with Crippen molar-refractivity contribution in [3.05, 3.63) is 41.4 Å². The van der Waals surface area contributed by atoms with Crippen LogP contribution in [0.25, 0.3) is 0 Å². The first-order valence-corrected chi connectivity index (χ1v) is 7.60. The number of piperazine rings is 1. The van der Waals surface area contributed by atoms with Crippen molar-refractivity contribution < 1.29 is 14.1 Å². The number of rotatable bonds is 4. The summed E-state index contributed by atoms with van der Waals surface area (Å²) in [6, 6.07) is 5.44. The Labute approximate surface area is 134 Å². The zero-order valence-electron chi connectivity index (χ0n) is 13.4. The first-order valence-electron chi connectivity index (χ1n) is 7.60. The van der Waals surface area contributed by atoms with Crippen molar-refractivity contribution in [2.24, 2.45) is 0 Å². The molecule has 23 heavy (non-hydrogen) atoms. The minimum absolute atomic E-state index is 0.0369. The number of methoxy groups -OCH3 is 1. The number of hydrogen-bond donors (Lipinski definition) is 0. The molecule has 3 rings (SSSR count). The Morgan fingerprint density at radius 1 is 1.35 bits per heavy atom. The molecular formula is C16H20N4O3. The summed E-state index contributed by atoms with van der Waals surface area (Å²) in [4.78, 5) is 20.8. The Kier molecular flexibility index (Phi) is 4.57. The fraction of sp³-hybridized carbons (Fsp3) is 0.438. The van der Waals surface area contributed by atoms with Crippen molar-refractivity contribution in [3.8, 4) is 5.88 Å². The summed E-state index contributed by atoms with van der Waals surface area (Å²) >= 11 is 0. The van der Waals surface area contributed by atoms with Gasteiger partial charge >= 0.3 is 0 Å². The quantitative estimate of drug-likeness (QED) is 0.848. The molecule has 1 fully saturated rings. The summed E-state index contributed by atoms with van der Waals surface area (Å²) in [7, 11) is 1.52. The maximum Gasteiger partial charge on any atom is 0.259 e.